The van der Waals surface area contributed by atoms with Gasteiger partial charge in [-0.05, 0) is 36.4 Å². The van der Waals surface area contributed by atoms with Crippen molar-refractivity contribution in [2.24, 2.45) is 0 Å². The van der Waals surface area contributed by atoms with Crippen molar-refractivity contribution in [1.82, 2.24) is 10.3 Å². The molecular weight excluding hydrogens is 436 g/mol. The first-order valence-corrected chi connectivity index (χ1v) is 10.7. The Hall–Kier alpha value is -3.29. The third kappa shape index (κ3) is 5.07. The Balaban J connectivity index is 1.45. The lowest BCUT2D eigenvalue weighted by molar-refractivity contribution is 0.0944. The minimum atomic E-state index is -0.259. The summed E-state index contributed by atoms with van der Waals surface area (Å²) in [5.41, 5.74) is 2.07. The van der Waals surface area contributed by atoms with E-state index >= 15 is 0 Å². The molecule has 0 aliphatic heterocycles. The highest BCUT2D eigenvalue weighted by atomic mass is 35.5. The van der Waals surface area contributed by atoms with E-state index in [1.54, 1.807) is 30.9 Å². The summed E-state index contributed by atoms with van der Waals surface area (Å²) in [6.45, 7) is 0.636. The van der Waals surface area contributed by atoms with Gasteiger partial charge in [0.2, 0.25) is 0 Å². The van der Waals surface area contributed by atoms with E-state index in [0.29, 0.717) is 46.1 Å². The van der Waals surface area contributed by atoms with E-state index in [1.807, 2.05) is 42.5 Å². The zero-order valence-electron chi connectivity index (χ0n) is 16.6. The predicted octanol–water partition coefficient (Wildman–Crippen LogP) is 5.57. The van der Waals surface area contributed by atoms with E-state index < -0.39 is 0 Å². The predicted molar refractivity (Wildman–Crippen MR) is 120 cm³/mol. The third-order valence-electron chi connectivity index (χ3n) is 4.49. The summed E-state index contributed by atoms with van der Waals surface area (Å²) in [6.07, 6.45) is 1.57. The first-order valence-electron chi connectivity index (χ1n) is 9.45. The number of carbonyl (C=O) groups excluding carboxylic acids is 1. The number of halogens is 1. The van der Waals surface area contributed by atoms with Crippen molar-refractivity contribution in [3.63, 3.8) is 0 Å². The molecule has 1 amide bonds. The number of ether oxygens (including phenoxy) is 2. The fraction of sp³-hybridized carbons (Fsp3) is 0.130. The van der Waals surface area contributed by atoms with Crippen LogP contribution in [-0.4, -0.2) is 18.0 Å². The van der Waals surface area contributed by atoms with Crippen LogP contribution in [-0.2, 0) is 13.2 Å². The van der Waals surface area contributed by atoms with Gasteiger partial charge in [0, 0.05) is 21.5 Å². The second-order valence-corrected chi connectivity index (χ2v) is 7.81. The molecule has 1 N–H and O–H groups in total. The van der Waals surface area contributed by atoms with Crippen LogP contribution in [0.3, 0.4) is 0 Å². The molecule has 0 spiro atoms. The van der Waals surface area contributed by atoms with Gasteiger partial charge >= 0.3 is 0 Å². The highest BCUT2D eigenvalue weighted by Crippen LogP contribution is 2.34. The summed E-state index contributed by atoms with van der Waals surface area (Å²) in [6, 6.07) is 16.6. The normalized spacial score (nSPS) is 10.6. The molecule has 31 heavy (non-hydrogen) atoms. The summed E-state index contributed by atoms with van der Waals surface area (Å²) in [5, 5.41) is 5.87. The number of amides is 1. The van der Waals surface area contributed by atoms with Gasteiger partial charge in [-0.2, -0.15) is 0 Å². The fourth-order valence-electron chi connectivity index (χ4n) is 2.87. The molecule has 2 aromatic carbocycles. The lowest BCUT2D eigenvalue weighted by Crippen LogP contribution is -2.22. The number of methoxy groups -OCH3 is 1. The van der Waals surface area contributed by atoms with Crippen molar-refractivity contribution in [2.75, 3.05) is 7.11 Å². The highest BCUT2D eigenvalue weighted by molar-refractivity contribution is 7.13. The van der Waals surface area contributed by atoms with Gasteiger partial charge in [-0.15, -0.1) is 11.3 Å². The van der Waals surface area contributed by atoms with Crippen LogP contribution >= 0.6 is 22.9 Å². The molecule has 6 nitrogen and oxygen atoms in total. The van der Waals surface area contributed by atoms with Crippen LogP contribution < -0.4 is 14.8 Å². The zero-order valence-corrected chi connectivity index (χ0v) is 18.2. The maximum atomic E-state index is 12.3. The SMILES string of the molecule is COc1cc(-c2nc(C(=O)NCc3ccco3)cs2)ccc1OCc1ccccc1Cl. The Bertz CT molecular complexity index is 1170. The number of furan rings is 1. The lowest BCUT2D eigenvalue weighted by atomic mass is 10.2. The quantitative estimate of drug-likeness (QED) is 0.376. The standard InChI is InChI=1S/C23H19ClN2O4S/c1-28-21-11-15(8-9-20(21)30-13-16-5-2-3-7-18(16)24)23-26-19(14-31-23)22(27)25-12-17-6-4-10-29-17/h2-11,14H,12-13H2,1H3,(H,25,27). The zero-order chi connectivity index (χ0) is 21.6. The van der Waals surface area contributed by atoms with Crippen LogP contribution in [0.5, 0.6) is 11.5 Å². The monoisotopic (exact) mass is 454 g/mol. The summed E-state index contributed by atoms with van der Waals surface area (Å²) in [5.74, 6) is 1.59. The average molecular weight is 455 g/mol. The van der Waals surface area contributed by atoms with Gasteiger partial charge in [0.15, 0.2) is 11.5 Å². The van der Waals surface area contributed by atoms with Crippen LogP contribution in [0.25, 0.3) is 10.6 Å². The van der Waals surface area contributed by atoms with Crippen molar-refractivity contribution in [1.29, 1.82) is 0 Å². The number of benzene rings is 2. The average Bonchev–Trinajstić information content (AvgIpc) is 3.49. The lowest BCUT2D eigenvalue weighted by Gasteiger charge is -2.12. The van der Waals surface area contributed by atoms with E-state index in [-0.39, 0.29) is 5.91 Å². The van der Waals surface area contributed by atoms with Gasteiger partial charge in [-0.3, -0.25) is 4.79 Å². The van der Waals surface area contributed by atoms with Crippen molar-refractivity contribution in [3.05, 3.63) is 88.3 Å². The Kier molecular flexibility index (Phi) is 6.54. The number of aromatic nitrogens is 1. The summed E-state index contributed by atoms with van der Waals surface area (Å²) in [4.78, 5) is 16.8. The number of nitrogens with zero attached hydrogens (tertiary/aromatic N) is 1. The summed E-state index contributed by atoms with van der Waals surface area (Å²) < 4.78 is 16.6. The van der Waals surface area contributed by atoms with Crippen molar-refractivity contribution in [2.45, 2.75) is 13.2 Å². The minimum absolute atomic E-state index is 0.259. The molecule has 0 saturated carbocycles. The van der Waals surface area contributed by atoms with Crippen LogP contribution in [0, 0.1) is 0 Å². The van der Waals surface area contributed by atoms with Crippen LogP contribution in [0.15, 0.2) is 70.7 Å². The van der Waals surface area contributed by atoms with Crippen LogP contribution in [0.4, 0.5) is 0 Å². The van der Waals surface area contributed by atoms with Crippen molar-refractivity contribution < 1.29 is 18.7 Å². The third-order valence-corrected chi connectivity index (χ3v) is 5.75. The molecule has 0 fully saturated rings. The molecular formula is C23H19ClN2O4S. The Morgan fingerprint density at radius 2 is 2.03 bits per heavy atom. The molecule has 8 heteroatoms. The topological polar surface area (TPSA) is 73.6 Å². The molecule has 0 aliphatic carbocycles. The molecule has 2 heterocycles. The van der Waals surface area contributed by atoms with Gasteiger partial charge in [0.1, 0.15) is 23.1 Å². The Labute approximate surface area is 188 Å². The number of hydrogen-bond donors (Lipinski definition) is 1. The number of nitrogens with one attached hydrogen (secondary N) is 1. The molecule has 0 atom stereocenters. The molecule has 0 radical (unpaired) electrons. The van der Waals surface area contributed by atoms with E-state index in [4.69, 9.17) is 25.5 Å². The molecule has 4 aromatic rings. The summed E-state index contributed by atoms with van der Waals surface area (Å²) in [7, 11) is 1.58. The largest absolute Gasteiger partial charge is 0.493 e. The second kappa shape index (κ2) is 9.68. The van der Waals surface area contributed by atoms with E-state index in [1.165, 1.54) is 11.3 Å². The summed E-state index contributed by atoms with van der Waals surface area (Å²) >= 11 is 7.57. The fourth-order valence-corrected chi connectivity index (χ4v) is 3.86. The van der Waals surface area contributed by atoms with Crippen molar-refractivity contribution >= 4 is 28.8 Å². The number of thiazole rings is 1. The molecule has 2 aromatic heterocycles. The Morgan fingerprint density at radius 3 is 2.81 bits per heavy atom. The van der Waals surface area contributed by atoms with E-state index in [2.05, 4.69) is 10.3 Å². The van der Waals surface area contributed by atoms with Gasteiger partial charge < -0.3 is 19.2 Å². The van der Waals surface area contributed by atoms with Crippen molar-refractivity contribution in [3.8, 4) is 22.1 Å². The van der Waals surface area contributed by atoms with Gasteiger partial charge in [0.25, 0.3) is 5.91 Å². The molecule has 0 aliphatic rings. The number of rotatable bonds is 8. The number of carbonyl (C=O) groups is 1. The van der Waals surface area contributed by atoms with Crippen LogP contribution in [0.1, 0.15) is 21.8 Å². The second-order valence-electron chi connectivity index (χ2n) is 6.55. The van der Waals surface area contributed by atoms with E-state index in [0.717, 1.165) is 11.1 Å². The van der Waals surface area contributed by atoms with Gasteiger partial charge in [-0.25, -0.2) is 4.98 Å². The molecule has 0 unspecified atom stereocenters. The molecule has 0 bridgehead atoms. The smallest absolute Gasteiger partial charge is 0.271 e. The molecule has 0 saturated heterocycles. The molecule has 4 rings (SSSR count). The Morgan fingerprint density at radius 1 is 1.16 bits per heavy atom. The maximum absolute atomic E-state index is 12.3. The van der Waals surface area contributed by atoms with Gasteiger partial charge in [-0.1, -0.05) is 29.8 Å². The highest BCUT2D eigenvalue weighted by Gasteiger charge is 2.14. The van der Waals surface area contributed by atoms with Crippen LogP contribution in [0.2, 0.25) is 5.02 Å². The maximum Gasteiger partial charge on any atom is 0.271 e. The van der Waals surface area contributed by atoms with Gasteiger partial charge in [0.05, 0.1) is 19.9 Å². The molecule has 158 valence electrons. The first-order chi connectivity index (χ1) is 15.1. The first kappa shape index (κ1) is 21.0. The minimum Gasteiger partial charge on any atom is -0.493 e. The number of hydrogen-bond acceptors (Lipinski definition) is 6. The van der Waals surface area contributed by atoms with E-state index in [9.17, 15) is 4.79 Å².